The molecule has 0 bridgehead atoms. The zero-order valence-electron chi connectivity index (χ0n) is 9.90. The van der Waals surface area contributed by atoms with Crippen molar-refractivity contribution in [3.8, 4) is 0 Å². The van der Waals surface area contributed by atoms with Crippen molar-refractivity contribution in [1.29, 1.82) is 0 Å². The SMILES string of the molecule is Nc1ccccc1C(=O)OCc1ccc(Cl)cc1Cl. The maximum absolute atomic E-state index is 11.8. The van der Waals surface area contributed by atoms with Crippen LogP contribution in [0.2, 0.25) is 10.0 Å². The van der Waals surface area contributed by atoms with Crippen molar-refractivity contribution < 1.29 is 9.53 Å². The van der Waals surface area contributed by atoms with Crippen molar-refractivity contribution in [2.75, 3.05) is 5.73 Å². The van der Waals surface area contributed by atoms with Crippen molar-refractivity contribution in [1.82, 2.24) is 0 Å². The third-order valence-electron chi connectivity index (χ3n) is 2.55. The van der Waals surface area contributed by atoms with Gasteiger partial charge in [-0.1, -0.05) is 41.4 Å². The van der Waals surface area contributed by atoms with E-state index in [-0.39, 0.29) is 6.61 Å². The molecule has 0 aromatic heterocycles. The van der Waals surface area contributed by atoms with Crippen molar-refractivity contribution in [2.45, 2.75) is 6.61 Å². The van der Waals surface area contributed by atoms with Crippen LogP contribution in [0, 0.1) is 0 Å². The Labute approximate surface area is 120 Å². The molecule has 0 aliphatic heterocycles. The average Bonchev–Trinajstić information content (AvgIpc) is 2.38. The number of ether oxygens (including phenoxy) is 1. The van der Waals surface area contributed by atoms with Crippen molar-refractivity contribution in [3.05, 3.63) is 63.6 Å². The predicted octanol–water partition coefficient (Wildman–Crippen LogP) is 3.93. The molecule has 0 saturated heterocycles. The van der Waals surface area contributed by atoms with E-state index < -0.39 is 5.97 Å². The predicted molar refractivity (Wildman–Crippen MR) is 76.4 cm³/mol. The maximum Gasteiger partial charge on any atom is 0.340 e. The Morgan fingerprint density at radius 1 is 1.16 bits per heavy atom. The lowest BCUT2D eigenvalue weighted by molar-refractivity contribution is 0.0474. The molecule has 98 valence electrons. The van der Waals surface area contributed by atoms with Gasteiger partial charge in [0.1, 0.15) is 6.61 Å². The molecule has 5 heteroatoms. The number of rotatable bonds is 3. The molecule has 0 spiro atoms. The van der Waals surface area contributed by atoms with Crippen LogP contribution in [0.3, 0.4) is 0 Å². The molecule has 2 N–H and O–H groups in total. The summed E-state index contributed by atoms with van der Waals surface area (Å²) in [6.07, 6.45) is 0. The molecule has 2 aromatic rings. The number of halogens is 2. The van der Waals surface area contributed by atoms with Gasteiger partial charge in [0.05, 0.1) is 5.56 Å². The monoisotopic (exact) mass is 295 g/mol. The number of anilines is 1. The second-order valence-electron chi connectivity index (χ2n) is 3.90. The summed E-state index contributed by atoms with van der Waals surface area (Å²) < 4.78 is 5.17. The Morgan fingerprint density at radius 3 is 2.58 bits per heavy atom. The van der Waals surface area contributed by atoms with Gasteiger partial charge in [0.15, 0.2) is 0 Å². The van der Waals surface area contributed by atoms with Crippen molar-refractivity contribution in [2.24, 2.45) is 0 Å². The summed E-state index contributed by atoms with van der Waals surface area (Å²) in [5, 5.41) is 0.994. The van der Waals surface area contributed by atoms with Gasteiger partial charge in [-0.15, -0.1) is 0 Å². The maximum atomic E-state index is 11.8. The third kappa shape index (κ3) is 3.40. The topological polar surface area (TPSA) is 52.3 Å². The lowest BCUT2D eigenvalue weighted by Crippen LogP contribution is -2.08. The fraction of sp³-hybridized carbons (Fsp3) is 0.0714. The smallest absolute Gasteiger partial charge is 0.340 e. The molecule has 2 aromatic carbocycles. The summed E-state index contributed by atoms with van der Waals surface area (Å²) in [5.41, 5.74) is 7.11. The van der Waals surface area contributed by atoms with Gasteiger partial charge in [0.2, 0.25) is 0 Å². The van der Waals surface area contributed by atoms with Crippen LogP contribution in [0.15, 0.2) is 42.5 Å². The number of benzene rings is 2. The summed E-state index contributed by atoms with van der Waals surface area (Å²) >= 11 is 11.8. The van der Waals surface area contributed by atoms with Crippen LogP contribution in [0.1, 0.15) is 15.9 Å². The van der Waals surface area contributed by atoms with Gasteiger partial charge in [-0.3, -0.25) is 0 Å². The molecule has 0 unspecified atom stereocenters. The highest BCUT2D eigenvalue weighted by Gasteiger charge is 2.11. The number of carbonyl (C=O) groups excluding carboxylic acids is 1. The molecule has 0 amide bonds. The van der Waals surface area contributed by atoms with E-state index in [1.165, 1.54) is 0 Å². The molecule has 0 aliphatic rings. The average molecular weight is 296 g/mol. The van der Waals surface area contributed by atoms with Gasteiger partial charge >= 0.3 is 5.97 Å². The van der Waals surface area contributed by atoms with Gasteiger partial charge in [0, 0.05) is 21.3 Å². The summed E-state index contributed by atoms with van der Waals surface area (Å²) in [6, 6.07) is 11.7. The second-order valence-corrected chi connectivity index (χ2v) is 4.74. The zero-order valence-corrected chi connectivity index (χ0v) is 11.4. The molecule has 0 fully saturated rings. The Kier molecular flexibility index (Phi) is 4.30. The second kappa shape index (κ2) is 5.95. The number of nitrogen functional groups attached to an aromatic ring is 1. The van der Waals surface area contributed by atoms with E-state index in [9.17, 15) is 4.79 Å². The van der Waals surface area contributed by atoms with E-state index in [0.717, 1.165) is 0 Å². The van der Waals surface area contributed by atoms with E-state index in [2.05, 4.69) is 0 Å². The van der Waals surface area contributed by atoms with Crippen LogP contribution < -0.4 is 5.73 Å². The van der Waals surface area contributed by atoms with Crippen LogP contribution in [0.5, 0.6) is 0 Å². The van der Waals surface area contributed by atoms with Crippen LogP contribution in [-0.4, -0.2) is 5.97 Å². The lowest BCUT2D eigenvalue weighted by atomic mass is 10.2. The Balaban J connectivity index is 2.07. The first-order chi connectivity index (χ1) is 9.08. The molecule has 2 rings (SSSR count). The third-order valence-corrected chi connectivity index (χ3v) is 3.14. The van der Waals surface area contributed by atoms with Crippen molar-refractivity contribution in [3.63, 3.8) is 0 Å². The summed E-state index contributed by atoms with van der Waals surface area (Å²) in [5.74, 6) is -0.482. The Bertz CT molecular complexity index is 614. The molecule has 0 heterocycles. The molecular formula is C14H11Cl2NO2. The first-order valence-corrected chi connectivity index (χ1v) is 6.29. The number of nitrogens with two attached hydrogens (primary N) is 1. The summed E-state index contributed by atoms with van der Waals surface area (Å²) in [7, 11) is 0. The normalized spacial score (nSPS) is 10.2. The molecular weight excluding hydrogens is 285 g/mol. The standard InChI is InChI=1S/C14H11Cl2NO2/c15-10-6-5-9(12(16)7-10)8-19-14(18)11-3-1-2-4-13(11)17/h1-7H,8,17H2. The first-order valence-electron chi connectivity index (χ1n) is 5.53. The minimum absolute atomic E-state index is 0.0726. The van der Waals surface area contributed by atoms with Gasteiger partial charge in [-0.2, -0.15) is 0 Å². The van der Waals surface area contributed by atoms with E-state index in [0.29, 0.717) is 26.9 Å². The van der Waals surface area contributed by atoms with Crippen LogP contribution in [0.4, 0.5) is 5.69 Å². The zero-order chi connectivity index (χ0) is 13.8. The lowest BCUT2D eigenvalue weighted by Gasteiger charge is -2.08. The number of para-hydroxylation sites is 1. The van der Waals surface area contributed by atoms with E-state index in [4.69, 9.17) is 33.7 Å². The van der Waals surface area contributed by atoms with Crippen molar-refractivity contribution >= 4 is 34.9 Å². The van der Waals surface area contributed by atoms with Gasteiger partial charge in [0.25, 0.3) is 0 Å². The number of esters is 1. The Hall–Kier alpha value is -1.71. The van der Waals surface area contributed by atoms with Gasteiger partial charge in [-0.05, 0) is 24.3 Å². The van der Waals surface area contributed by atoms with Gasteiger partial charge in [-0.25, -0.2) is 4.79 Å². The van der Waals surface area contributed by atoms with Crippen LogP contribution in [0.25, 0.3) is 0 Å². The molecule has 0 aliphatic carbocycles. The molecule has 0 saturated carbocycles. The summed E-state index contributed by atoms with van der Waals surface area (Å²) in [4.78, 5) is 11.8. The van der Waals surface area contributed by atoms with E-state index >= 15 is 0 Å². The highest BCUT2D eigenvalue weighted by atomic mass is 35.5. The van der Waals surface area contributed by atoms with Crippen LogP contribution >= 0.6 is 23.2 Å². The highest BCUT2D eigenvalue weighted by molar-refractivity contribution is 6.35. The number of hydrogen-bond acceptors (Lipinski definition) is 3. The van der Waals surface area contributed by atoms with E-state index in [1.54, 1.807) is 42.5 Å². The quantitative estimate of drug-likeness (QED) is 0.689. The summed E-state index contributed by atoms with van der Waals surface area (Å²) in [6.45, 7) is 0.0726. The largest absolute Gasteiger partial charge is 0.457 e. The fourth-order valence-electron chi connectivity index (χ4n) is 1.54. The number of hydrogen-bond donors (Lipinski definition) is 1. The molecule has 3 nitrogen and oxygen atoms in total. The first kappa shape index (κ1) is 13.7. The van der Waals surface area contributed by atoms with Crippen LogP contribution in [-0.2, 0) is 11.3 Å². The molecule has 0 atom stereocenters. The number of carbonyl (C=O) groups is 1. The van der Waals surface area contributed by atoms with Gasteiger partial charge < -0.3 is 10.5 Å². The molecule has 19 heavy (non-hydrogen) atoms. The minimum Gasteiger partial charge on any atom is -0.457 e. The molecule has 0 radical (unpaired) electrons. The highest BCUT2D eigenvalue weighted by Crippen LogP contribution is 2.22. The van der Waals surface area contributed by atoms with E-state index in [1.807, 2.05) is 0 Å². The fourth-order valence-corrected chi connectivity index (χ4v) is 2.01. The Morgan fingerprint density at radius 2 is 1.89 bits per heavy atom. The minimum atomic E-state index is -0.482.